The normalized spacial score (nSPS) is 18.2. The number of alkyl carbamates (subject to hydrolysis) is 1. The summed E-state index contributed by atoms with van der Waals surface area (Å²) in [5.41, 5.74) is 0.399. The van der Waals surface area contributed by atoms with E-state index in [-0.39, 0.29) is 24.2 Å². The molecule has 1 aromatic rings. The van der Waals surface area contributed by atoms with Crippen LogP contribution in [0.15, 0.2) is 30.3 Å². The highest BCUT2D eigenvalue weighted by Crippen LogP contribution is 2.30. The molecule has 0 aromatic heterocycles. The SMILES string of the molecule is CC[C@H](C)[C@H](NCc1ccccc1)C(=O)NC(=O)[C@@H](C[C@H](O)[C@H](CC1CCCCC1)NC(=O)OC(C)(C)C)C(C)C. The predicted molar refractivity (Wildman–Crippen MR) is 163 cm³/mol. The van der Waals surface area contributed by atoms with Gasteiger partial charge in [0.1, 0.15) is 5.60 Å². The monoisotopic (exact) mass is 573 g/mol. The van der Waals surface area contributed by atoms with Crippen LogP contribution in [0.3, 0.4) is 0 Å². The fourth-order valence-electron chi connectivity index (χ4n) is 5.56. The average molecular weight is 574 g/mol. The van der Waals surface area contributed by atoms with Crippen LogP contribution in [0.5, 0.6) is 0 Å². The molecule has 0 aliphatic heterocycles. The second-order valence-electron chi connectivity index (χ2n) is 13.2. The van der Waals surface area contributed by atoms with Crippen molar-refractivity contribution in [3.05, 3.63) is 35.9 Å². The molecule has 4 N–H and O–H groups in total. The zero-order chi connectivity index (χ0) is 30.6. The molecule has 8 heteroatoms. The van der Waals surface area contributed by atoms with Crippen molar-refractivity contribution in [3.8, 4) is 0 Å². The molecule has 3 amide bonds. The maximum atomic E-state index is 13.5. The Labute approximate surface area is 247 Å². The lowest BCUT2D eigenvalue weighted by Gasteiger charge is -2.33. The third-order valence-corrected chi connectivity index (χ3v) is 8.23. The van der Waals surface area contributed by atoms with E-state index < -0.39 is 41.7 Å². The Morgan fingerprint density at radius 2 is 1.63 bits per heavy atom. The van der Waals surface area contributed by atoms with Gasteiger partial charge in [-0.1, -0.05) is 96.6 Å². The van der Waals surface area contributed by atoms with Gasteiger partial charge >= 0.3 is 6.09 Å². The summed E-state index contributed by atoms with van der Waals surface area (Å²) in [4.78, 5) is 39.5. The zero-order valence-electron chi connectivity index (χ0n) is 26.4. The number of benzene rings is 1. The van der Waals surface area contributed by atoms with Crippen LogP contribution >= 0.6 is 0 Å². The number of rotatable bonds is 14. The second-order valence-corrected chi connectivity index (χ2v) is 13.2. The standard InChI is InChI=1S/C33H55N3O5/c1-8-23(4)29(34-21-25-17-13-10-14-18-25)31(39)36-30(38)26(22(2)3)20-28(37)27(19-24-15-11-9-12-16-24)35-32(40)41-33(5,6)7/h10,13-14,17-18,22-24,26-29,34,37H,8-9,11-12,15-16,19-21H2,1-7H3,(H,35,40)(H,36,38,39)/t23-,26-,27-,28-,29-/m0/s1. The van der Waals surface area contributed by atoms with Gasteiger partial charge in [0.25, 0.3) is 0 Å². The molecule has 41 heavy (non-hydrogen) atoms. The van der Waals surface area contributed by atoms with Crippen molar-refractivity contribution in [2.45, 2.75) is 130 Å². The maximum absolute atomic E-state index is 13.5. The van der Waals surface area contributed by atoms with E-state index in [2.05, 4.69) is 16.0 Å². The number of hydrogen-bond acceptors (Lipinski definition) is 6. The van der Waals surface area contributed by atoms with Crippen LogP contribution in [-0.2, 0) is 20.9 Å². The van der Waals surface area contributed by atoms with E-state index in [1.165, 1.54) is 6.42 Å². The molecule has 0 saturated heterocycles. The molecule has 5 atom stereocenters. The first kappa shape index (κ1) is 34.7. The highest BCUT2D eigenvalue weighted by atomic mass is 16.6. The van der Waals surface area contributed by atoms with Crippen molar-refractivity contribution in [3.63, 3.8) is 0 Å². The van der Waals surface area contributed by atoms with Gasteiger partial charge < -0.3 is 20.5 Å². The summed E-state index contributed by atoms with van der Waals surface area (Å²) >= 11 is 0. The Balaban J connectivity index is 2.11. The lowest BCUT2D eigenvalue weighted by Crippen LogP contribution is -2.52. The highest BCUT2D eigenvalue weighted by molar-refractivity contribution is 5.98. The molecule has 0 unspecified atom stereocenters. The molecule has 0 heterocycles. The number of aliphatic hydroxyl groups is 1. The Morgan fingerprint density at radius 3 is 2.20 bits per heavy atom. The van der Waals surface area contributed by atoms with Gasteiger partial charge in [0.05, 0.1) is 18.2 Å². The molecule has 1 fully saturated rings. The van der Waals surface area contributed by atoms with Gasteiger partial charge in [-0.3, -0.25) is 14.9 Å². The summed E-state index contributed by atoms with van der Waals surface area (Å²) in [5.74, 6) is -1.05. The van der Waals surface area contributed by atoms with Crippen LogP contribution in [0.1, 0.15) is 105 Å². The second kappa shape index (κ2) is 16.9. The minimum Gasteiger partial charge on any atom is -0.444 e. The molecule has 1 aliphatic rings. The summed E-state index contributed by atoms with van der Waals surface area (Å²) in [6.07, 6.45) is 5.65. The molecule has 1 aromatic carbocycles. The van der Waals surface area contributed by atoms with Crippen molar-refractivity contribution in [1.82, 2.24) is 16.0 Å². The first-order valence-electron chi connectivity index (χ1n) is 15.6. The smallest absolute Gasteiger partial charge is 0.407 e. The first-order chi connectivity index (χ1) is 19.3. The van der Waals surface area contributed by atoms with Crippen molar-refractivity contribution >= 4 is 17.9 Å². The van der Waals surface area contributed by atoms with Crippen LogP contribution in [0.25, 0.3) is 0 Å². The summed E-state index contributed by atoms with van der Waals surface area (Å²) < 4.78 is 5.48. The molecule has 0 spiro atoms. The van der Waals surface area contributed by atoms with Crippen LogP contribution in [0.2, 0.25) is 0 Å². The molecule has 1 saturated carbocycles. The Morgan fingerprint density at radius 1 is 1.00 bits per heavy atom. The third kappa shape index (κ3) is 12.5. The summed E-state index contributed by atoms with van der Waals surface area (Å²) in [6, 6.07) is 8.77. The van der Waals surface area contributed by atoms with Crippen LogP contribution in [-0.4, -0.2) is 46.8 Å². The van der Waals surface area contributed by atoms with Crippen LogP contribution < -0.4 is 16.0 Å². The van der Waals surface area contributed by atoms with E-state index in [0.29, 0.717) is 18.9 Å². The Bertz CT molecular complexity index is 940. The Hall–Kier alpha value is -2.45. The van der Waals surface area contributed by atoms with E-state index in [9.17, 15) is 19.5 Å². The van der Waals surface area contributed by atoms with Crippen LogP contribution in [0.4, 0.5) is 4.79 Å². The number of amides is 3. The molecule has 0 radical (unpaired) electrons. The number of imide groups is 1. The third-order valence-electron chi connectivity index (χ3n) is 8.23. The Kier molecular flexibility index (Phi) is 14.3. The average Bonchev–Trinajstić information content (AvgIpc) is 2.91. The summed E-state index contributed by atoms with van der Waals surface area (Å²) in [7, 11) is 0. The minimum absolute atomic E-state index is 0.0208. The van der Waals surface area contributed by atoms with Gasteiger partial charge in [-0.05, 0) is 56.9 Å². The van der Waals surface area contributed by atoms with E-state index in [1.54, 1.807) is 20.8 Å². The van der Waals surface area contributed by atoms with Gasteiger partial charge in [0.15, 0.2) is 0 Å². The first-order valence-corrected chi connectivity index (χ1v) is 15.6. The number of hydrogen-bond donors (Lipinski definition) is 4. The number of aliphatic hydroxyl groups excluding tert-OH is 1. The van der Waals surface area contributed by atoms with Gasteiger partial charge in [-0.15, -0.1) is 0 Å². The van der Waals surface area contributed by atoms with Crippen molar-refractivity contribution < 1.29 is 24.2 Å². The van der Waals surface area contributed by atoms with Crippen molar-refractivity contribution in [2.75, 3.05) is 0 Å². The maximum Gasteiger partial charge on any atom is 0.407 e. The number of nitrogens with one attached hydrogen (secondary N) is 3. The number of carbonyl (C=O) groups is 3. The lowest BCUT2D eigenvalue weighted by atomic mass is 9.81. The zero-order valence-corrected chi connectivity index (χ0v) is 26.4. The van der Waals surface area contributed by atoms with E-state index in [4.69, 9.17) is 4.74 Å². The van der Waals surface area contributed by atoms with Crippen molar-refractivity contribution in [1.29, 1.82) is 0 Å². The van der Waals surface area contributed by atoms with Crippen LogP contribution in [0, 0.1) is 23.7 Å². The summed E-state index contributed by atoms with van der Waals surface area (Å²) in [5, 5.41) is 20.3. The number of ether oxygens (including phenoxy) is 1. The minimum atomic E-state index is -0.959. The molecule has 2 rings (SSSR count). The summed E-state index contributed by atoms with van der Waals surface area (Å²) in [6.45, 7) is 13.8. The van der Waals surface area contributed by atoms with E-state index in [0.717, 1.165) is 37.7 Å². The van der Waals surface area contributed by atoms with E-state index in [1.807, 2.05) is 58.0 Å². The van der Waals surface area contributed by atoms with E-state index >= 15 is 0 Å². The van der Waals surface area contributed by atoms with Gasteiger partial charge in [0, 0.05) is 12.5 Å². The van der Waals surface area contributed by atoms with Gasteiger partial charge in [-0.25, -0.2) is 4.79 Å². The largest absolute Gasteiger partial charge is 0.444 e. The molecule has 0 bridgehead atoms. The molecule has 8 nitrogen and oxygen atoms in total. The molecular weight excluding hydrogens is 518 g/mol. The molecular formula is C33H55N3O5. The van der Waals surface area contributed by atoms with Gasteiger partial charge in [0.2, 0.25) is 11.8 Å². The lowest BCUT2D eigenvalue weighted by molar-refractivity contribution is -0.136. The van der Waals surface area contributed by atoms with Crippen molar-refractivity contribution in [2.24, 2.45) is 23.7 Å². The highest BCUT2D eigenvalue weighted by Gasteiger charge is 2.34. The van der Waals surface area contributed by atoms with Gasteiger partial charge in [-0.2, -0.15) is 0 Å². The quantitative estimate of drug-likeness (QED) is 0.226. The fourth-order valence-corrected chi connectivity index (χ4v) is 5.56. The number of carbonyl (C=O) groups excluding carboxylic acids is 3. The molecule has 1 aliphatic carbocycles. The molecule has 232 valence electrons. The topological polar surface area (TPSA) is 117 Å². The fraction of sp³-hybridized carbons (Fsp3) is 0.727. The predicted octanol–water partition coefficient (Wildman–Crippen LogP) is 5.72.